The summed E-state index contributed by atoms with van der Waals surface area (Å²) in [6.45, 7) is -0.955. The van der Waals surface area contributed by atoms with E-state index in [9.17, 15) is 13.2 Å². The van der Waals surface area contributed by atoms with Crippen LogP contribution in [0.1, 0.15) is 5.56 Å². The number of rotatable bonds is 5. The summed E-state index contributed by atoms with van der Waals surface area (Å²) >= 11 is 0. The maximum atomic E-state index is 11.7. The fraction of sp³-hybridized carbons (Fsp3) is 0.300. The first kappa shape index (κ1) is 14.1. The summed E-state index contributed by atoms with van der Waals surface area (Å²) in [6, 6.07) is 6.22. The van der Waals surface area contributed by atoms with Crippen molar-refractivity contribution in [2.75, 3.05) is 13.2 Å². The lowest BCUT2D eigenvalue weighted by Gasteiger charge is -2.11. The molecule has 0 radical (unpaired) electrons. The summed E-state index contributed by atoms with van der Waals surface area (Å²) in [5, 5.41) is 11.3. The third kappa shape index (κ3) is 4.50. The summed E-state index contributed by atoms with van der Waals surface area (Å²) in [5.41, 5.74) is 5.66. The van der Waals surface area contributed by atoms with E-state index >= 15 is 0 Å². The second kappa shape index (κ2) is 6.10. The predicted molar refractivity (Wildman–Crippen MR) is 56.5 cm³/mol. The zero-order valence-corrected chi connectivity index (χ0v) is 9.15. The number of nitrogens with two attached hydrogens (primary N) is 1. The van der Waals surface area contributed by atoms with Crippen LogP contribution < -0.4 is 10.5 Å². The molecule has 0 aliphatic carbocycles. The van der Waals surface area contributed by atoms with E-state index in [0.29, 0.717) is 0 Å². The number of hydrogen-bond acceptors (Lipinski definition) is 4. The fourth-order valence-corrected chi connectivity index (χ4v) is 1.17. The van der Waals surface area contributed by atoms with Gasteiger partial charge in [0.2, 0.25) is 0 Å². The van der Waals surface area contributed by atoms with Gasteiger partial charge in [0, 0.05) is 0 Å². The van der Waals surface area contributed by atoms with Crippen molar-refractivity contribution in [3.05, 3.63) is 29.8 Å². The highest BCUT2D eigenvalue weighted by Crippen LogP contribution is 2.19. The smallest absolute Gasteiger partial charge is 0.490 e. The Hall–Kier alpha value is -1.96. The van der Waals surface area contributed by atoms with Gasteiger partial charge in [-0.05, 0) is 12.1 Å². The van der Waals surface area contributed by atoms with Crippen molar-refractivity contribution in [3.63, 3.8) is 0 Å². The summed E-state index contributed by atoms with van der Waals surface area (Å²) in [6.07, 6.45) is -4.69. The van der Waals surface area contributed by atoms with Crippen LogP contribution in [0, 0.1) is 0 Å². The summed E-state index contributed by atoms with van der Waals surface area (Å²) in [4.78, 5) is 0. The Balaban J connectivity index is 2.57. The maximum absolute atomic E-state index is 11.7. The molecule has 1 aromatic carbocycles. The number of ether oxygens (including phenoxy) is 2. The predicted octanol–water partition coefficient (Wildman–Crippen LogP) is 1.70. The van der Waals surface area contributed by atoms with Gasteiger partial charge in [-0.3, -0.25) is 4.74 Å². The molecule has 0 heterocycles. The minimum atomic E-state index is -4.69. The third-order valence-electron chi connectivity index (χ3n) is 1.88. The van der Waals surface area contributed by atoms with Crippen LogP contribution in [0.2, 0.25) is 0 Å². The van der Waals surface area contributed by atoms with Crippen LogP contribution >= 0.6 is 0 Å². The van der Waals surface area contributed by atoms with Gasteiger partial charge < -0.3 is 15.7 Å². The summed E-state index contributed by atoms with van der Waals surface area (Å²) in [5.74, 6) is 0.0147. The van der Waals surface area contributed by atoms with Gasteiger partial charge in [0.25, 0.3) is 0 Å². The second-order valence-electron chi connectivity index (χ2n) is 3.12. The van der Waals surface area contributed by atoms with Gasteiger partial charge in [-0.1, -0.05) is 17.3 Å². The van der Waals surface area contributed by atoms with Crippen molar-refractivity contribution in [2.45, 2.75) is 6.36 Å². The van der Waals surface area contributed by atoms with Gasteiger partial charge in [-0.15, -0.1) is 13.2 Å². The van der Waals surface area contributed by atoms with Gasteiger partial charge >= 0.3 is 6.36 Å². The minimum Gasteiger partial charge on any atom is -0.490 e. The number of hydrogen-bond donors (Lipinski definition) is 2. The Morgan fingerprint density at radius 2 is 1.94 bits per heavy atom. The molecule has 0 saturated heterocycles. The van der Waals surface area contributed by atoms with Crippen LogP contribution in [0.3, 0.4) is 0 Å². The summed E-state index contributed by atoms with van der Waals surface area (Å²) in [7, 11) is 0. The van der Waals surface area contributed by atoms with E-state index in [1.165, 1.54) is 12.1 Å². The Bertz CT molecular complexity index is 421. The third-order valence-corrected chi connectivity index (χ3v) is 1.88. The summed E-state index contributed by atoms with van der Waals surface area (Å²) < 4.78 is 43.7. The molecule has 0 unspecified atom stereocenters. The number of halogens is 3. The van der Waals surface area contributed by atoms with Crippen LogP contribution in [0.5, 0.6) is 5.75 Å². The SMILES string of the molecule is NC(=NO)c1ccccc1OCCOC(F)(F)F. The molecule has 1 rings (SSSR count). The molecule has 0 fully saturated rings. The average Bonchev–Trinajstić information content (AvgIpc) is 2.33. The molecule has 0 aliphatic heterocycles. The van der Waals surface area contributed by atoms with Crippen molar-refractivity contribution in [2.24, 2.45) is 10.9 Å². The first-order valence-corrected chi connectivity index (χ1v) is 4.84. The zero-order chi connectivity index (χ0) is 13.6. The molecule has 100 valence electrons. The molecule has 0 aromatic heterocycles. The highest BCUT2D eigenvalue weighted by molar-refractivity contribution is 5.99. The number of para-hydroxylation sites is 1. The van der Waals surface area contributed by atoms with Gasteiger partial charge in [-0.25, -0.2) is 0 Å². The molecule has 0 atom stereocenters. The van der Waals surface area contributed by atoms with Gasteiger partial charge in [0.05, 0.1) is 12.2 Å². The minimum absolute atomic E-state index is 0.192. The molecule has 0 amide bonds. The van der Waals surface area contributed by atoms with Crippen molar-refractivity contribution in [1.29, 1.82) is 0 Å². The molecule has 18 heavy (non-hydrogen) atoms. The lowest BCUT2D eigenvalue weighted by molar-refractivity contribution is -0.325. The Labute approximate surface area is 101 Å². The van der Waals surface area contributed by atoms with E-state index in [4.69, 9.17) is 15.7 Å². The molecule has 0 saturated carbocycles. The van der Waals surface area contributed by atoms with Crippen LogP contribution in [0.25, 0.3) is 0 Å². The van der Waals surface area contributed by atoms with Gasteiger partial charge in [0.1, 0.15) is 12.4 Å². The maximum Gasteiger partial charge on any atom is 0.522 e. The molecule has 5 nitrogen and oxygen atoms in total. The van der Waals surface area contributed by atoms with Crippen LogP contribution in [0.15, 0.2) is 29.4 Å². The van der Waals surface area contributed by atoms with Crippen LogP contribution in [-0.4, -0.2) is 30.6 Å². The van der Waals surface area contributed by atoms with Crippen LogP contribution in [0.4, 0.5) is 13.2 Å². The standard InChI is InChI=1S/C10H11F3N2O3/c11-10(12,13)18-6-5-17-8-4-2-1-3-7(8)9(14)15-16/h1-4,16H,5-6H2,(H2,14,15). The number of alkyl halides is 3. The topological polar surface area (TPSA) is 77.1 Å². The van der Waals surface area contributed by atoms with Crippen molar-refractivity contribution in [1.82, 2.24) is 0 Å². The lowest BCUT2D eigenvalue weighted by atomic mass is 10.2. The Kier molecular flexibility index (Phi) is 4.78. The largest absolute Gasteiger partial charge is 0.522 e. The monoisotopic (exact) mass is 264 g/mol. The van der Waals surface area contributed by atoms with Crippen molar-refractivity contribution < 1.29 is 27.9 Å². The lowest BCUT2D eigenvalue weighted by Crippen LogP contribution is -2.19. The first-order chi connectivity index (χ1) is 8.44. The van der Waals surface area contributed by atoms with E-state index in [0.717, 1.165) is 0 Å². The Morgan fingerprint density at radius 3 is 2.56 bits per heavy atom. The number of amidine groups is 1. The number of nitrogens with zero attached hydrogens (tertiary/aromatic N) is 1. The fourth-order valence-electron chi connectivity index (χ4n) is 1.17. The number of benzene rings is 1. The van der Waals surface area contributed by atoms with E-state index < -0.39 is 13.0 Å². The second-order valence-corrected chi connectivity index (χ2v) is 3.12. The molecule has 0 aliphatic rings. The van der Waals surface area contributed by atoms with Gasteiger partial charge in [-0.2, -0.15) is 0 Å². The van der Waals surface area contributed by atoms with E-state index in [2.05, 4.69) is 9.89 Å². The highest BCUT2D eigenvalue weighted by Gasteiger charge is 2.28. The zero-order valence-electron chi connectivity index (χ0n) is 9.15. The van der Waals surface area contributed by atoms with Crippen molar-refractivity contribution in [3.8, 4) is 5.75 Å². The van der Waals surface area contributed by atoms with E-state index in [1.54, 1.807) is 12.1 Å². The quantitative estimate of drug-likeness (QED) is 0.279. The molecule has 0 bridgehead atoms. The highest BCUT2D eigenvalue weighted by atomic mass is 19.4. The van der Waals surface area contributed by atoms with Crippen molar-refractivity contribution >= 4 is 5.84 Å². The molecular weight excluding hydrogens is 253 g/mol. The molecule has 3 N–H and O–H groups in total. The molecule has 8 heteroatoms. The molecule has 0 spiro atoms. The Morgan fingerprint density at radius 1 is 1.28 bits per heavy atom. The first-order valence-electron chi connectivity index (χ1n) is 4.84. The van der Waals surface area contributed by atoms with Crippen LogP contribution in [-0.2, 0) is 4.74 Å². The average molecular weight is 264 g/mol. The van der Waals surface area contributed by atoms with E-state index in [-0.39, 0.29) is 23.8 Å². The van der Waals surface area contributed by atoms with Gasteiger partial charge in [0.15, 0.2) is 5.84 Å². The molecular formula is C10H11F3N2O3. The van der Waals surface area contributed by atoms with E-state index in [1.807, 2.05) is 0 Å². The normalized spacial score (nSPS) is 12.5. The number of oxime groups is 1. The molecule has 1 aromatic rings.